The van der Waals surface area contributed by atoms with Gasteiger partial charge >= 0.3 is 5.97 Å². The SMILES string of the molecule is O=C(OCCOCCOCCOCCOCCOCCOCCOCCOCCOCCOCCOCCBr)C(=O)c1ccccc1. The van der Waals surface area contributed by atoms with Gasteiger partial charge in [0.15, 0.2) is 0 Å². The summed E-state index contributed by atoms with van der Waals surface area (Å²) in [6, 6.07) is 8.26. The summed E-state index contributed by atoms with van der Waals surface area (Å²) in [5, 5.41) is 0.830. The highest BCUT2D eigenvalue weighted by molar-refractivity contribution is 9.09. The Morgan fingerprint density at radius 3 is 0.915 bits per heavy atom. The van der Waals surface area contributed by atoms with E-state index in [1.807, 2.05) is 0 Å². The molecule has 1 aromatic carbocycles. The van der Waals surface area contributed by atoms with Gasteiger partial charge in [-0.2, -0.15) is 0 Å². The molecule has 0 saturated carbocycles. The maximum absolute atomic E-state index is 11.9. The number of ketones is 1. The van der Waals surface area contributed by atoms with Crippen molar-refractivity contribution in [2.24, 2.45) is 0 Å². The van der Waals surface area contributed by atoms with Gasteiger partial charge in [0, 0.05) is 10.9 Å². The number of Topliss-reactive ketones (excluding diaryl/α,β-unsaturated/α-hetero) is 1. The minimum Gasteiger partial charge on any atom is -0.457 e. The number of carbonyl (C=O) groups is 2. The monoisotopic (exact) mass is 740 g/mol. The number of alkyl halides is 1. The van der Waals surface area contributed by atoms with Crippen molar-refractivity contribution in [3.05, 3.63) is 35.9 Å². The Labute approximate surface area is 286 Å². The minimum absolute atomic E-state index is 0.00254. The van der Waals surface area contributed by atoms with Crippen molar-refractivity contribution >= 4 is 27.7 Å². The number of hydrogen-bond donors (Lipinski definition) is 0. The largest absolute Gasteiger partial charge is 0.457 e. The summed E-state index contributed by atoms with van der Waals surface area (Å²) in [7, 11) is 0. The number of hydrogen-bond acceptors (Lipinski definition) is 14. The van der Waals surface area contributed by atoms with E-state index in [-0.39, 0.29) is 13.2 Å². The lowest BCUT2D eigenvalue weighted by Gasteiger charge is -2.09. The van der Waals surface area contributed by atoms with E-state index < -0.39 is 11.8 Å². The van der Waals surface area contributed by atoms with Crippen molar-refractivity contribution in [3.8, 4) is 0 Å². The fourth-order valence-corrected chi connectivity index (χ4v) is 3.55. The lowest BCUT2D eigenvalue weighted by Crippen LogP contribution is -2.20. The lowest BCUT2D eigenvalue weighted by molar-refractivity contribution is -0.139. The Balaban J connectivity index is 1.66. The fraction of sp³-hybridized carbons (Fsp3) is 0.750. The minimum atomic E-state index is -0.897. The molecule has 0 aromatic heterocycles. The predicted octanol–water partition coefficient (Wildman–Crippen LogP) is 1.99. The standard InChI is InChI=1S/C32H53BrO14/c33-6-7-36-8-9-37-10-11-38-12-13-39-14-15-40-16-17-41-18-19-42-20-21-43-22-23-44-24-25-45-26-27-46-28-29-47-32(35)31(34)30-4-2-1-3-5-30/h1-5H,6-29H2. The zero-order valence-electron chi connectivity index (χ0n) is 27.5. The van der Waals surface area contributed by atoms with Crippen LogP contribution < -0.4 is 0 Å². The van der Waals surface area contributed by atoms with E-state index in [9.17, 15) is 9.59 Å². The average molecular weight is 742 g/mol. The van der Waals surface area contributed by atoms with Crippen LogP contribution in [0, 0.1) is 0 Å². The zero-order valence-corrected chi connectivity index (χ0v) is 29.0. The maximum Gasteiger partial charge on any atom is 0.379 e. The molecule has 0 aliphatic carbocycles. The number of halogens is 1. The van der Waals surface area contributed by atoms with Crippen molar-refractivity contribution < 1.29 is 66.4 Å². The quantitative estimate of drug-likeness (QED) is 0.0322. The number of ether oxygens (including phenoxy) is 12. The van der Waals surface area contributed by atoms with Gasteiger partial charge in [-0.1, -0.05) is 46.3 Å². The molecular weight excluding hydrogens is 688 g/mol. The van der Waals surface area contributed by atoms with Crippen LogP contribution in [-0.2, 0) is 61.6 Å². The van der Waals surface area contributed by atoms with Crippen LogP contribution in [0.3, 0.4) is 0 Å². The molecule has 0 unspecified atom stereocenters. The molecule has 0 saturated heterocycles. The molecule has 0 aliphatic heterocycles. The summed E-state index contributed by atoms with van der Waals surface area (Å²) in [6.45, 7) is 10.6. The molecule has 1 aromatic rings. The van der Waals surface area contributed by atoms with Gasteiger partial charge in [0.2, 0.25) is 0 Å². The van der Waals surface area contributed by atoms with Crippen LogP contribution >= 0.6 is 15.9 Å². The molecule has 0 radical (unpaired) electrons. The molecule has 0 fully saturated rings. The Bertz CT molecular complexity index is 820. The second kappa shape index (κ2) is 35.7. The molecule has 0 N–H and O–H groups in total. The van der Waals surface area contributed by atoms with E-state index in [0.717, 1.165) is 5.33 Å². The van der Waals surface area contributed by atoms with E-state index in [0.29, 0.717) is 144 Å². The van der Waals surface area contributed by atoms with Crippen LogP contribution in [0.2, 0.25) is 0 Å². The fourth-order valence-electron chi connectivity index (χ4n) is 3.32. The molecule has 15 heteroatoms. The van der Waals surface area contributed by atoms with Gasteiger partial charge in [-0.25, -0.2) is 4.79 Å². The number of benzene rings is 1. The van der Waals surface area contributed by atoms with Crippen LogP contribution in [0.15, 0.2) is 30.3 Å². The van der Waals surface area contributed by atoms with Crippen LogP contribution in [0.1, 0.15) is 10.4 Å². The summed E-state index contributed by atoms with van der Waals surface area (Å²) >= 11 is 3.30. The molecule has 0 amide bonds. The van der Waals surface area contributed by atoms with Crippen molar-refractivity contribution in [3.63, 3.8) is 0 Å². The summed E-state index contributed by atoms with van der Waals surface area (Å²) in [5.41, 5.74) is 0.295. The van der Waals surface area contributed by atoms with Gasteiger partial charge < -0.3 is 56.8 Å². The summed E-state index contributed by atoms with van der Waals surface area (Å²) < 4.78 is 64.5. The summed E-state index contributed by atoms with van der Waals surface area (Å²) in [5.74, 6) is -1.57. The van der Waals surface area contributed by atoms with Gasteiger partial charge in [-0.05, 0) is 0 Å². The third kappa shape index (κ3) is 30.2. The highest BCUT2D eigenvalue weighted by Gasteiger charge is 2.17. The van der Waals surface area contributed by atoms with Gasteiger partial charge in [0.1, 0.15) is 6.61 Å². The molecule has 14 nitrogen and oxygen atoms in total. The first kappa shape index (κ1) is 43.4. The second-order valence-corrected chi connectivity index (χ2v) is 10.0. The number of rotatable bonds is 37. The highest BCUT2D eigenvalue weighted by Crippen LogP contribution is 2.01. The third-order valence-electron chi connectivity index (χ3n) is 5.62. The summed E-state index contributed by atoms with van der Waals surface area (Å²) in [6.07, 6.45) is 0. The second-order valence-electron chi connectivity index (χ2n) is 9.26. The molecule has 1 rings (SSSR count). The first-order valence-corrected chi connectivity index (χ1v) is 17.1. The molecule has 0 bridgehead atoms. The van der Waals surface area contributed by atoms with E-state index in [1.54, 1.807) is 30.3 Å². The smallest absolute Gasteiger partial charge is 0.379 e. The maximum atomic E-state index is 11.9. The average Bonchev–Trinajstić information content (AvgIpc) is 3.10. The molecule has 0 heterocycles. The van der Waals surface area contributed by atoms with E-state index in [4.69, 9.17) is 56.8 Å². The molecular formula is C32H53BrO14. The predicted molar refractivity (Wildman–Crippen MR) is 175 cm³/mol. The van der Waals surface area contributed by atoms with Crippen molar-refractivity contribution in [2.75, 3.05) is 157 Å². The summed E-state index contributed by atoms with van der Waals surface area (Å²) in [4.78, 5) is 23.6. The lowest BCUT2D eigenvalue weighted by atomic mass is 10.1. The zero-order chi connectivity index (χ0) is 33.7. The normalized spacial score (nSPS) is 11.3. The number of carbonyl (C=O) groups excluding carboxylic acids is 2. The van der Waals surface area contributed by atoms with E-state index >= 15 is 0 Å². The van der Waals surface area contributed by atoms with Crippen molar-refractivity contribution in [1.29, 1.82) is 0 Å². The molecule has 272 valence electrons. The van der Waals surface area contributed by atoms with E-state index in [2.05, 4.69) is 15.9 Å². The Morgan fingerprint density at radius 2 is 0.638 bits per heavy atom. The van der Waals surface area contributed by atoms with Gasteiger partial charge in [0.25, 0.3) is 5.78 Å². The van der Waals surface area contributed by atoms with Crippen LogP contribution in [0.5, 0.6) is 0 Å². The molecule has 0 aliphatic rings. The van der Waals surface area contributed by atoms with Gasteiger partial charge in [-0.15, -0.1) is 0 Å². The van der Waals surface area contributed by atoms with Gasteiger partial charge in [0.05, 0.1) is 145 Å². The number of esters is 1. The Kier molecular flexibility index (Phi) is 33.0. The van der Waals surface area contributed by atoms with Crippen LogP contribution in [0.25, 0.3) is 0 Å². The molecule has 0 spiro atoms. The van der Waals surface area contributed by atoms with Crippen molar-refractivity contribution in [2.45, 2.75) is 0 Å². The van der Waals surface area contributed by atoms with Crippen LogP contribution in [-0.4, -0.2) is 169 Å². The Morgan fingerprint density at radius 1 is 0.383 bits per heavy atom. The Hall–Kier alpha value is -1.60. The highest BCUT2D eigenvalue weighted by atomic mass is 79.9. The molecule has 47 heavy (non-hydrogen) atoms. The first-order chi connectivity index (χ1) is 23.3. The third-order valence-corrected chi connectivity index (χ3v) is 5.95. The van der Waals surface area contributed by atoms with E-state index in [1.165, 1.54) is 0 Å². The van der Waals surface area contributed by atoms with Crippen LogP contribution in [0.4, 0.5) is 0 Å². The van der Waals surface area contributed by atoms with Gasteiger partial charge in [-0.3, -0.25) is 4.79 Å². The van der Waals surface area contributed by atoms with Crippen molar-refractivity contribution in [1.82, 2.24) is 0 Å². The molecule has 0 atom stereocenters. The topological polar surface area (TPSA) is 145 Å². The first-order valence-electron chi connectivity index (χ1n) is 15.9.